The minimum atomic E-state index is -3.55. The largest absolute Gasteiger partial charge is 0.306 e. The summed E-state index contributed by atoms with van der Waals surface area (Å²) in [7, 11) is -3.55. The van der Waals surface area contributed by atoms with E-state index in [2.05, 4.69) is 9.71 Å². The molecule has 0 aliphatic heterocycles. The number of anilines is 1. The van der Waals surface area contributed by atoms with Crippen molar-refractivity contribution >= 4 is 33.0 Å². The molecule has 2 aromatic heterocycles. The molecule has 0 aliphatic carbocycles. The summed E-state index contributed by atoms with van der Waals surface area (Å²) in [5.41, 5.74) is 4.76. The van der Waals surface area contributed by atoms with Crippen LogP contribution in [0.25, 0.3) is 16.9 Å². The fraction of sp³-hybridized carbons (Fsp3) is 0.0952. The summed E-state index contributed by atoms with van der Waals surface area (Å²) in [5.74, 6) is -0.123. The second-order valence-electron chi connectivity index (χ2n) is 6.62. The quantitative estimate of drug-likeness (QED) is 0.507. The number of pyridine rings is 1. The van der Waals surface area contributed by atoms with Gasteiger partial charge in [0.15, 0.2) is 0 Å². The molecule has 5 nitrogen and oxygen atoms in total. The first-order valence-corrected chi connectivity index (χ1v) is 10.7. The second-order valence-corrected chi connectivity index (χ2v) is 8.78. The maximum Gasteiger partial charge on any atom is 0.236 e. The SMILES string of the molecule is Cc1cccn2cc(-c3cccc(NS(=O)(=O)Cc4ccc(Cl)cc4)c3)nc12. The lowest BCUT2D eigenvalue weighted by molar-refractivity contribution is 0.600. The molecule has 2 heterocycles. The molecule has 0 radical (unpaired) electrons. The molecule has 0 spiro atoms. The molecular weight excluding hydrogens is 394 g/mol. The average Bonchev–Trinajstić information content (AvgIpc) is 3.09. The van der Waals surface area contributed by atoms with Gasteiger partial charge in [0.05, 0.1) is 11.4 Å². The van der Waals surface area contributed by atoms with Crippen molar-refractivity contribution in [1.29, 1.82) is 0 Å². The maximum absolute atomic E-state index is 12.5. The fourth-order valence-corrected chi connectivity index (χ4v) is 4.37. The lowest BCUT2D eigenvalue weighted by atomic mass is 10.1. The Morgan fingerprint density at radius 3 is 2.61 bits per heavy atom. The van der Waals surface area contributed by atoms with Crippen LogP contribution in [0, 0.1) is 6.92 Å². The summed E-state index contributed by atoms with van der Waals surface area (Å²) in [5, 5.41) is 0.574. The molecule has 0 saturated carbocycles. The van der Waals surface area contributed by atoms with Gasteiger partial charge < -0.3 is 4.40 Å². The summed E-state index contributed by atoms with van der Waals surface area (Å²) in [6.45, 7) is 2.01. The average molecular weight is 412 g/mol. The summed E-state index contributed by atoms with van der Waals surface area (Å²) in [6, 6.07) is 18.0. The molecule has 0 unspecified atom stereocenters. The minimum Gasteiger partial charge on any atom is -0.306 e. The molecule has 4 rings (SSSR count). The Morgan fingerprint density at radius 1 is 1.07 bits per heavy atom. The number of benzene rings is 2. The second kappa shape index (κ2) is 7.30. The van der Waals surface area contributed by atoms with Gasteiger partial charge in [0.2, 0.25) is 10.0 Å². The number of sulfonamides is 1. The Morgan fingerprint density at radius 2 is 1.86 bits per heavy atom. The van der Waals surface area contributed by atoms with Crippen molar-refractivity contribution in [1.82, 2.24) is 9.38 Å². The molecule has 0 bridgehead atoms. The molecule has 142 valence electrons. The van der Waals surface area contributed by atoms with Gasteiger partial charge in [-0.25, -0.2) is 13.4 Å². The summed E-state index contributed by atoms with van der Waals surface area (Å²) in [4.78, 5) is 4.67. The van der Waals surface area contributed by atoms with E-state index in [1.807, 2.05) is 48.0 Å². The van der Waals surface area contributed by atoms with Crippen LogP contribution in [0.15, 0.2) is 73.1 Å². The van der Waals surface area contributed by atoms with E-state index >= 15 is 0 Å². The first-order valence-electron chi connectivity index (χ1n) is 8.69. The van der Waals surface area contributed by atoms with E-state index in [-0.39, 0.29) is 5.75 Å². The number of imidazole rings is 1. The summed E-state index contributed by atoms with van der Waals surface area (Å²) < 4.78 is 29.6. The van der Waals surface area contributed by atoms with Gasteiger partial charge in [0, 0.05) is 28.7 Å². The molecule has 0 saturated heterocycles. The fourth-order valence-electron chi connectivity index (χ4n) is 3.05. The Labute approximate surface area is 168 Å². The van der Waals surface area contributed by atoms with E-state index in [1.165, 1.54) is 0 Å². The van der Waals surface area contributed by atoms with Crippen LogP contribution in [0.4, 0.5) is 5.69 Å². The molecular formula is C21H18ClN3O2S. The predicted octanol–water partition coefficient (Wildman–Crippen LogP) is 4.91. The molecule has 1 N–H and O–H groups in total. The monoisotopic (exact) mass is 411 g/mol. The lowest BCUT2D eigenvalue weighted by Gasteiger charge is -2.09. The normalized spacial score (nSPS) is 11.6. The van der Waals surface area contributed by atoms with Crippen LogP contribution < -0.4 is 4.72 Å². The minimum absolute atomic E-state index is 0.123. The molecule has 0 aliphatic rings. The van der Waals surface area contributed by atoms with Crippen LogP contribution in [0.1, 0.15) is 11.1 Å². The number of rotatable bonds is 5. The highest BCUT2D eigenvalue weighted by molar-refractivity contribution is 7.91. The van der Waals surface area contributed by atoms with Gasteiger partial charge in [-0.3, -0.25) is 4.72 Å². The zero-order valence-electron chi connectivity index (χ0n) is 15.1. The number of halogens is 1. The van der Waals surface area contributed by atoms with Crippen molar-refractivity contribution in [2.24, 2.45) is 0 Å². The number of nitrogens with one attached hydrogen (secondary N) is 1. The van der Waals surface area contributed by atoms with Crippen molar-refractivity contribution < 1.29 is 8.42 Å². The van der Waals surface area contributed by atoms with Crippen molar-refractivity contribution in [3.8, 4) is 11.3 Å². The van der Waals surface area contributed by atoms with Crippen LogP contribution in [-0.4, -0.2) is 17.8 Å². The standard InChI is InChI=1S/C21H18ClN3O2S/c1-15-4-3-11-25-13-20(23-21(15)25)17-5-2-6-19(12-17)24-28(26,27)14-16-7-9-18(22)10-8-16/h2-13,24H,14H2,1H3. The number of hydrogen-bond donors (Lipinski definition) is 1. The maximum atomic E-state index is 12.5. The van der Waals surface area contributed by atoms with Gasteiger partial charge in [0.25, 0.3) is 0 Å². The first kappa shape index (κ1) is 18.5. The van der Waals surface area contributed by atoms with Gasteiger partial charge in [-0.05, 0) is 48.4 Å². The number of nitrogens with zero attached hydrogens (tertiary/aromatic N) is 2. The van der Waals surface area contributed by atoms with E-state index in [0.29, 0.717) is 16.3 Å². The Kier molecular flexibility index (Phi) is 4.83. The Balaban J connectivity index is 1.59. The third-order valence-corrected chi connectivity index (χ3v) is 5.89. The van der Waals surface area contributed by atoms with Crippen LogP contribution in [0.5, 0.6) is 0 Å². The third kappa shape index (κ3) is 4.03. The highest BCUT2D eigenvalue weighted by Gasteiger charge is 2.13. The highest BCUT2D eigenvalue weighted by atomic mass is 35.5. The van der Waals surface area contributed by atoms with Crippen LogP contribution in [0.3, 0.4) is 0 Å². The summed E-state index contributed by atoms with van der Waals surface area (Å²) in [6.07, 6.45) is 3.88. The van der Waals surface area contributed by atoms with Crippen LogP contribution >= 0.6 is 11.6 Å². The topological polar surface area (TPSA) is 63.5 Å². The van der Waals surface area contributed by atoms with E-state index in [9.17, 15) is 8.42 Å². The lowest BCUT2D eigenvalue weighted by Crippen LogP contribution is -2.15. The summed E-state index contributed by atoms with van der Waals surface area (Å²) >= 11 is 5.85. The van der Waals surface area contributed by atoms with Crippen molar-refractivity contribution in [3.63, 3.8) is 0 Å². The van der Waals surface area contributed by atoms with Gasteiger partial charge in [-0.2, -0.15) is 0 Å². The number of fused-ring (bicyclic) bond motifs is 1. The van der Waals surface area contributed by atoms with E-state index < -0.39 is 10.0 Å². The van der Waals surface area contributed by atoms with E-state index in [0.717, 1.165) is 22.5 Å². The zero-order chi connectivity index (χ0) is 19.7. The molecule has 0 amide bonds. The van der Waals surface area contributed by atoms with Crippen molar-refractivity contribution in [3.05, 3.63) is 89.2 Å². The highest BCUT2D eigenvalue weighted by Crippen LogP contribution is 2.24. The van der Waals surface area contributed by atoms with E-state index in [4.69, 9.17) is 11.6 Å². The molecule has 0 fully saturated rings. The van der Waals surface area contributed by atoms with Gasteiger partial charge in [0.1, 0.15) is 5.65 Å². The van der Waals surface area contributed by atoms with Gasteiger partial charge >= 0.3 is 0 Å². The number of aromatic nitrogens is 2. The number of aryl methyl sites for hydroxylation is 1. The van der Waals surface area contributed by atoms with Crippen LogP contribution in [0.2, 0.25) is 5.02 Å². The first-order chi connectivity index (χ1) is 13.4. The van der Waals surface area contributed by atoms with Gasteiger partial charge in [-0.1, -0.05) is 41.9 Å². The van der Waals surface area contributed by atoms with Crippen molar-refractivity contribution in [2.75, 3.05) is 4.72 Å². The van der Waals surface area contributed by atoms with Crippen LogP contribution in [-0.2, 0) is 15.8 Å². The molecule has 0 atom stereocenters. The van der Waals surface area contributed by atoms with Gasteiger partial charge in [-0.15, -0.1) is 0 Å². The Bertz CT molecular complexity index is 1250. The van der Waals surface area contributed by atoms with E-state index in [1.54, 1.807) is 36.4 Å². The smallest absolute Gasteiger partial charge is 0.236 e. The number of hydrogen-bond acceptors (Lipinski definition) is 3. The zero-order valence-corrected chi connectivity index (χ0v) is 16.7. The Hall–Kier alpha value is -2.83. The third-order valence-electron chi connectivity index (χ3n) is 4.38. The molecule has 4 aromatic rings. The van der Waals surface area contributed by atoms with Crippen molar-refractivity contribution in [2.45, 2.75) is 12.7 Å². The molecule has 7 heteroatoms. The molecule has 2 aromatic carbocycles. The predicted molar refractivity (Wildman–Crippen MR) is 113 cm³/mol. The molecule has 28 heavy (non-hydrogen) atoms.